The summed E-state index contributed by atoms with van der Waals surface area (Å²) in [4.78, 5) is 23.4. The molecule has 2 aromatic rings. The van der Waals surface area contributed by atoms with Crippen LogP contribution >= 0.6 is 0 Å². The summed E-state index contributed by atoms with van der Waals surface area (Å²) in [6.07, 6.45) is 5.17. The molecule has 1 N–H and O–H groups in total. The van der Waals surface area contributed by atoms with Crippen LogP contribution in [0, 0.1) is 13.8 Å². The maximum Gasteiger partial charge on any atom is 0.254 e. The van der Waals surface area contributed by atoms with Gasteiger partial charge in [-0.25, -0.2) is 9.97 Å². The third-order valence-electron chi connectivity index (χ3n) is 5.07. The fraction of sp³-hybridized carbons (Fsp3) is 0.579. The van der Waals surface area contributed by atoms with E-state index in [0.717, 1.165) is 43.1 Å². The maximum absolute atomic E-state index is 12.6. The highest BCUT2D eigenvalue weighted by Crippen LogP contribution is 2.25. The van der Waals surface area contributed by atoms with E-state index in [1.165, 1.54) is 0 Å². The predicted molar refractivity (Wildman–Crippen MR) is 103 cm³/mol. The van der Waals surface area contributed by atoms with Crippen LogP contribution < -0.4 is 10.2 Å². The topological polar surface area (TPSA) is 85.2 Å². The third-order valence-corrected chi connectivity index (χ3v) is 5.07. The summed E-state index contributed by atoms with van der Waals surface area (Å²) in [6.45, 7) is 8.07. The van der Waals surface area contributed by atoms with E-state index >= 15 is 0 Å². The number of aromatic nitrogens is 4. The van der Waals surface area contributed by atoms with Crippen molar-refractivity contribution in [1.29, 1.82) is 0 Å². The molecule has 0 saturated carbocycles. The molecule has 1 aliphatic rings. The van der Waals surface area contributed by atoms with Crippen molar-refractivity contribution in [1.82, 2.24) is 25.1 Å². The van der Waals surface area contributed by atoms with E-state index in [9.17, 15) is 4.79 Å². The summed E-state index contributed by atoms with van der Waals surface area (Å²) in [7, 11) is 1.72. The van der Waals surface area contributed by atoms with E-state index in [1.807, 2.05) is 24.6 Å². The number of nitrogens with zero attached hydrogens (tertiary/aromatic N) is 5. The number of rotatable bonds is 7. The van der Waals surface area contributed by atoms with E-state index in [2.05, 4.69) is 32.2 Å². The summed E-state index contributed by atoms with van der Waals surface area (Å²) < 4.78 is 7.43. The van der Waals surface area contributed by atoms with Gasteiger partial charge in [-0.3, -0.25) is 9.48 Å². The van der Waals surface area contributed by atoms with E-state index in [0.29, 0.717) is 12.1 Å². The highest BCUT2D eigenvalue weighted by Gasteiger charge is 2.33. The Hall–Kier alpha value is -2.48. The number of aryl methyl sites for hydroxylation is 2. The second kappa shape index (κ2) is 8.47. The van der Waals surface area contributed by atoms with Gasteiger partial charge in [0, 0.05) is 44.2 Å². The zero-order valence-electron chi connectivity index (χ0n) is 16.5. The lowest BCUT2D eigenvalue weighted by Crippen LogP contribution is -2.40. The largest absolute Gasteiger partial charge is 0.380 e. The zero-order valence-corrected chi connectivity index (χ0v) is 16.5. The van der Waals surface area contributed by atoms with Crippen LogP contribution in [0.1, 0.15) is 41.5 Å². The van der Waals surface area contributed by atoms with Crippen molar-refractivity contribution < 1.29 is 9.53 Å². The van der Waals surface area contributed by atoms with Crippen LogP contribution in [-0.4, -0.2) is 58.0 Å². The maximum atomic E-state index is 12.6. The van der Waals surface area contributed by atoms with Crippen LogP contribution in [0.4, 0.5) is 5.82 Å². The normalized spacial score (nSPS) is 19.5. The van der Waals surface area contributed by atoms with Crippen LogP contribution in [-0.2, 0) is 11.3 Å². The molecule has 0 aliphatic carbocycles. The van der Waals surface area contributed by atoms with Gasteiger partial charge < -0.3 is 15.0 Å². The fourth-order valence-electron chi connectivity index (χ4n) is 3.53. The van der Waals surface area contributed by atoms with Gasteiger partial charge in [-0.1, -0.05) is 6.92 Å². The highest BCUT2D eigenvalue weighted by molar-refractivity contribution is 5.95. The number of amides is 1. The van der Waals surface area contributed by atoms with Crippen molar-refractivity contribution in [3.05, 3.63) is 35.5 Å². The van der Waals surface area contributed by atoms with Crippen LogP contribution in [0.2, 0.25) is 0 Å². The van der Waals surface area contributed by atoms with Crippen molar-refractivity contribution >= 4 is 11.7 Å². The molecule has 146 valence electrons. The van der Waals surface area contributed by atoms with Gasteiger partial charge >= 0.3 is 0 Å². The number of methoxy groups -OCH3 is 1. The standard InChI is InChI=1S/C19H28N6O2/c1-5-6-25-14(3)17(10-23-25)19(26)20-9-15-8-16(27-4)11-24(15)18-7-13(2)21-12-22-18/h7,10,12,15-16H,5-6,8-9,11H2,1-4H3,(H,20,26)/t15-,16-/m0/s1. The minimum atomic E-state index is -0.0884. The summed E-state index contributed by atoms with van der Waals surface area (Å²) >= 11 is 0. The second-order valence-electron chi connectivity index (χ2n) is 6.99. The van der Waals surface area contributed by atoms with E-state index < -0.39 is 0 Å². The Bertz CT molecular complexity index is 790. The Labute approximate surface area is 159 Å². The Morgan fingerprint density at radius 1 is 1.37 bits per heavy atom. The average Bonchev–Trinajstić information content (AvgIpc) is 3.24. The molecule has 0 radical (unpaired) electrons. The Kier molecular flexibility index (Phi) is 6.05. The number of hydrogen-bond donors (Lipinski definition) is 1. The van der Waals surface area contributed by atoms with E-state index in [1.54, 1.807) is 19.6 Å². The van der Waals surface area contributed by atoms with Gasteiger partial charge in [-0.15, -0.1) is 0 Å². The first-order chi connectivity index (χ1) is 13.0. The summed E-state index contributed by atoms with van der Waals surface area (Å²) in [5.74, 6) is 0.780. The molecule has 1 amide bonds. The molecule has 0 aromatic carbocycles. The van der Waals surface area contributed by atoms with Gasteiger partial charge in [0.25, 0.3) is 5.91 Å². The molecule has 1 aliphatic heterocycles. The Morgan fingerprint density at radius 3 is 2.89 bits per heavy atom. The third kappa shape index (κ3) is 4.27. The molecule has 0 unspecified atom stereocenters. The average molecular weight is 372 g/mol. The monoisotopic (exact) mass is 372 g/mol. The van der Waals surface area contributed by atoms with Crippen LogP contribution in [0.5, 0.6) is 0 Å². The molecular weight excluding hydrogens is 344 g/mol. The molecule has 8 heteroatoms. The second-order valence-corrected chi connectivity index (χ2v) is 6.99. The molecular formula is C19H28N6O2. The molecule has 27 heavy (non-hydrogen) atoms. The van der Waals surface area contributed by atoms with Gasteiger partial charge in [0.15, 0.2) is 0 Å². The number of ether oxygens (including phenoxy) is 1. The smallest absolute Gasteiger partial charge is 0.254 e. The number of carbonyl (C=O) groups is 1. The van der Waals surface area contributed by atoms with Gasteiger partial charge in [-0.2, -0.15) is 5.10 Å². The lowest BCUT2D eigenvalue weighted by atomic mass is 10.2. The molecule has 3 rings (SSSR count). The Morgan fingerprint density at radius 2 is 2.19 bits per heavy atom. The van der Waals surface area contributed by atoms with Gasteiger partial charge in [0.2, 0.25) is 0 Å². The van der Waals surface area contributed by atoms with Crippen LogP contribution in [0.25, 0.3) is 0 Å². The minimum Gasteiger partial charge on any atom is -0.380 e. The van der Waals surface area contributed by atoms with Crippen LogP contribution in [0.15, 0.2) is 18.6 Å². The van der Waals surface area contributed by atoms with Crippen molar-refractivity contribution in [3.63, 3.8) is 0 Å². The van der Waals surface area contributed by atoms with Gasteiger partial charge in [-0.05, 0) is 26.7 Å². The predicted octanol–water partition coefficient (Wildman–Crippen LogP) is 1.72. The first-order valence-electron chi connectivity index (χ1n) is 9.42. The molecule has 0 bridgehead atoms. The molecule has 2 aromatic heterocycles. The minimum absolute atomic E-state index is 0.0884. The molecule has 3 heterocycles. The van der Waals surface area contributed by atoms with Crippen molar-refractivity contribution in [2.24, 2.45) is 0 Å². The quantitative estimate of drug-likeness (QED) is 0.797. The number of carbonyl (C=O) groups excluding carboxylic acids is 1. The SMILES string of the molecule is CCCn1ncc(C(=O)NC[C@@H]2C[C@H](OC)CN2c2cc(C)ncn2)c1C. The van der Waals surface area contributed by atoms with Gasteiger partial charge in [0.05, 0.1) is 23.9 Å². The summed E-state index contributed by atoms with van der Waals surface area (Å²) in [5, 5.41) is 7.38. The summed E-state index contributed by atoms with van der Waals surface area (Å²) in [5.41, 5.74) is 2.45. The molecule has 1 fully saturated rings. The van der Waals surface area contributed by atoms with Crippen molar-refractivity contribution in [2.45, 2.75) is 52.3 Å². The number of nitrogens with one attached hydrogen (secondary N) is 1. The number of hydrogen-bond acceptors (Lipinski definition) is 6. The lowest BCUT2D eigenvalue weighted by molar-refractivity contribution is 0.0945. The Balaban J connectivity index is 1.68. The zero-order chi connectivity index (χ0) is 19.4. The molecule has 1 saturated heterocycles. The lowest BCUT2D eigenvalue weighted by Gasteiger charge is -2.25. The van der Waals surface area contributed by atoms with Crippen LogP contribution in [0.3, 0.4) is 0 Å². The first kappa shape index (κ1) is 19.3. The molecule has 2 atom stereocenters. The van der Waals surface area contributed by atoms with E-state index in [4.69, 9.17) is 4.74 Å². The molecule has 0 spiro atoms. The molecule has 8 nitrogen and oxygen atoms in total. The number of anilines is 1. The van der Waals surface area contributed by atoms with Gasteiger partial charge in [0.1, 0.15) is 12.1 Å². The van der Waals surface area contributed by atoms with Crippen molar-refractivity contribution in [3.8, 4) is 0 Å². The summed E-state index contributed by atoms with van der Waals surface area (Å²) in [6, 6.07) is 2.09. The van der Waals surface area contributed by atoms with E-state index in [-0.39, 0.29) is 18.1 Å². The van der Waals surface area contributed by atoms with Crippen molar-refractivity contribution in [2.75, 3.05) is 25.1 Å². The first-order valence-corrected chi connectivity index (χ1v) is 9.42. The fourth-order valence-corrected chi connectivity index (χ4v) is 3.53. The highest BCUT2D eigenvalue weighted by atomic mass is 16.5.